The first-order chi connectivity index (χ1) is 13.2. The van der Waals surface area contributed by atoms with E-state index in [4.69, 9.17) is 0 Å². The largest absolute Gasteiger partial charge is 0.289 e. The molecule has 0 radical (unpaired) electrons. The molecule has 0 bridgehead atoms. The van der Waals surface area contributed by atoms with Crippen molar-refractivity contribution >= 4 is 0 Å². The van der Waals surface area contributed by atoms with Gasteiger partial charge in [-0.25, -0.2) is 0 Å². The van der Waals surface area contributed by atoms with Crippen LogP contribution >= 0.6 is 0 Å². The summed E-state index contributed by atoms with van der Waals surface area (Å²) in [6.07, 6.45) is 18.8. The standard InChI is InChI=1S/C26H35N/c1-5-9-14-24(8-4)22-27(21-23(6-2)7-3)26(18-13-19-26)20-17-25-15-11-10-12-16-25/h5-12,14-16H,2,4,13,17-22H2,1,3H3/b9-5-,23-7+,24-14+. The molecule has 1 fully saturated rings. The Bertz CT molecular complexity index is 686. The average molecular weight is 362 g/mol. The van der Waals surface area contributed by atoms with Gasteiger partial charge in [-0.05, 0) is 62.7 Å². The van der Waals surface area contributed by atoms with Crippen molar-refractivity contribution in [1.82, 2.24) is 4.90 Å². The van der Waals surface area contributed by atoms with E-state index in [9.17, 15) is 0 Å². The van der Waals surface area contributed by atoms with Gasteiger partial charge in [0.15, 0.2) is 0 Å². The third-order valence-electron chi connectivity index (χ3n) is 5.82. The highest BCUT2D eigenvalue weighted by Crippen LogP contribution is 2.42. The van der Waals surface area contributed by atoms with Crippen LogP contribution in [0.25, 0.3) is 0 Å². The van der Waals surface area contributed by atoms with Crippen molar-refractivity contribution in [2.45, 2.75) is 51.5 Å². The first-order valence-electron chi connectivity index (χ1n) is 10.2. The highest BCUT2D eigenvalue weighted by atomic mass is 15.2. The lowest BCUT2D eigenvalue weighted by Crippen LogP contribution is -2.55. The molecule has 27 heavy (non-hydrogen) atoms. The molecule has 1 aliphatic carbocycles. The van der Waals surface area contributed by atoms with Gasteiger partial charge < -0.3 is 0 Å². The summed E-state index contributed by atoms with van der Waals surface area (Å²) in [6.45, 7) is 14.1. The Morgan fingerprint density at radius 3 is 2.22 bits per heavy atom. The lowest BCUT2D eigenvalue weighted by Gasteiger charge is -2.51. The summed E-state index contributed by atoms with van der Waals surface area (Å²) in [5.74, 6) is 0. The third kappa shape index (κ3) is 5.94. The van der Waals surface area contributed by atoms with E-state index in [1.807, 2.05) is 12.2 Å². The Morgan fingerprint density at radius 1 is 1.04 bits per heavy atom. The lowest BCUT2D eigenvalue weighted by molar-refractivity contribution is 0.0240. The van der Waals surface area contributed by atoms with Crippen LogP contribution in [0.2, 0.25) is 0 Å². The molecule has 0 spiro atoms. The molecule has 0 amide bonds. The van der Waals surface area contributed by atoms with Gasteiger partial charge in [-0.3, -0.25) is 4.90 Å². The van der Waals surface area contributed by atoms with Crippen LogP contribution in [0.5, 0.6) is 0 Å². The third-order valence-corrected chi connectivity index (χ3v) is 5.82. The van der Waals surface area contributed by atoms with Crippen LogP contribution in [0.15, 0.2) is 91.1 Å². The molecule has 144 valence electrons. The van der Waals surface area contributed by atoms with Crippen molar-refractivity contribution in [2.75, 3.05) is 13.1 Å². The zero-order valence-corrected chi connectivity index (χ0v) is 17.2. The first kappa shape index (κ1) is 21.2. The summed E-state index contributed by atoms with van der Waals surface area (Å²) < 4.78 is 0. The average Bonchev–Trinajstić information content (AvgIpc) is 2.68. The van der Waals surface area contributed by atoms with Crippen LogP contribution in [-0.2, 0) is 6.42 Å². The lowest BCUT2D eigenvalue weighted by atomic mass is 9.71. The second kappa shape index (κ2) is 10.9. The fourth-order valence-corrected chi connectivity index (χ4v) is 3.84. The van der Waals surface area contributed by atoms with Gasteiger partial charge in [-0.2, -0.15) is 0 Å². The number of benzene rings is 1. The smallest absolute Gasteiger partial charge is 0.0242 e. The Kier molecular flexibility index (Phi) is 8.54. The molecule has 0 saturated heterocycles. The number of rotatable bonds is 11. The molecule has 2 rings (SSSR count). The van der Waals surface area contributed by atoms with E-state index >= 15 is 0 Å². The predicted molar refractivity (Wildman–Crippen MR) is 120 cm³/mol. The van der Waals surface area contributed by atoms with E-state index in [-0.39, 0.29) is 5.54 Å². The molecule has 0 heterocycles. The number of nitrogens with zero attached hydrogens (tertiary/aromatic N) is 1. The van der Waals surface area contributed by atoms with Gasteiger partial charge in [0.05, 0.1) is 0 Å². The predicted octanol–water partition coefficient (Wildman–Crippen LogP) is 6.66. The monoisotopic (exact) mass is 361 g/mol. The highest BCUT2D eigenvalue weighted by molar-refractivity contribution is 5.26. The zero-order chi connectivity index (χ0) is 19.5. The second-order valence-electron chi connectivity index (χ2n) is 7.46. The number of allylic oxidation sites excluding steroid dienone is 4. The Balaban J connectivity index is 2.22. The van der Waals surface area contributed by atoms with Crippen molar-refractivity contribution in [2.24, 2.45) is 0 Å². The fourth-order valence-electron chi connectivity index (χ4n) is 3.84. The van der Waals surface area contributed by atoms with Crippen molar-refractivity contribution in [3.05, 3.63) is 96.7 Å². The van der Waals surface area contributed by atoms with Gasteiger partial charge in [-0.15, -0.1) is 0 Å². The van der Waals surface area contributed by atoms with Gasteiger partial charge in [0.2, 0.25) is 0 Å². The quantitative estimate of drug-likeness (QED) is 0.398. The molecule has 1 nitrogen and oxygen atoms in total. The maximum Gasteiger partial charge on any atom is 0.0242 e. The van der Waals surface area contributed by atoms with E-state index in [0.29, 0.717) is 0 Å². The van der Waals surface area contributed by atoms with Crippen molar-refractivity contribution in [1.29, 1.82) is 0 Å². The number of aryl methyl sites for hydroxylation is 1. The maximum absolute atomic E-state index is 4.04. The van der Waals surface area contributed by atoms with E-state index in [2.05, 4.69) is 86.5 Å². The van der Waals surface area contributed by atoms with Crippen LogP contribution in [0, 0.1) is 0 Å². The van der Waals surface area contributed by atoms with Crippen LogP contribution < -0.4 is 0 Å². The first-order valence-corrected chi connectivity index (χ1v) is 10.2. The van der Waals surface area contributed by atoms with Crippen LogP contribution in [0.4, 0.5) is 0 Å². The van der Waals surface area contributed by atoms with Crippen LogP contribution in [0.3, 0.4) is 0 Å². The molecule has 0 aromatic heterocycles. The van der Waals surface area contributed by atoms with Gasteiger partial charge in [0.1, 0.15) is 0 Å². The summed E-state index contributed by atoms with van der Waals surface area (Å²) in [6, 6.07) is 10.9. The van der Waals surface area contributed by atoms with Gasteiger partial charge in [0, 0.05) is 18.6 Å². The van der Waals surface area contributed by atoms with Crippen LogP contribution in [-0.4, -0.2) is 23.5 Å². The van der Waals surface area contributed by atoms with E-state index in [1.165, 1.54) is 42.4 Å². The molecule has 0 unspecified atom stereocenters. The molecule has 1 aliphatic rings. The Labute approximate surface area is 166 Å². The molecule has 0 aliphatic heterocycles. The summed E-state index contributed by atoms with van der Waals surface area (Å²) in [7, 11) is 0. The van der Waals surface area contributed by atoms with E-state index in [1.54, 1.807) is 0 Å². The van der Waals surface area contributed by atoms with Crippen molar-refractivity contribution in [3.8, 4) is 0 Å². The normalized spacial score (nSPS) is 17.1. The number of hydrogen-bond acceptors (Lipinski definition) is 1. The summed E-state index contributed by atoms with van der Waals surface area (Å²) in [5, 5.41) is 0. The maximum atomic E-state index is 4.04. The molecule has 1 aromatic carbocycles. The van der Waals surface area contributed by atoms with Gasteiger partial charge in [0.25, 0.3) is 0 Å². The van der Waals surface area contributed by atoms with Gasteiger partial charge >= 0.3 is 0 Å². The van der Waals surface area contributed by atoms with E-state index < -0.39 is 0 Å². The van der Waals surface area contributed by atoms with Gasteiger partial charge in [-0.1, -0.05) is 79.9 Å². The topological polar surface area (TPSA) is 3.24 Å². The summed E-state index contributed by atoms with van der Waals surface area (Å²) in [5.41, 5.74) is 4.30. The minimum atomic E-state index is 0.283. The summed E-state index contributed by atoms with van der Waals surface area (Å²) >= 11 is 0. The minimum absolute atomic E-state index is 0.283. The SMILES string of the molecule is C=C/C(=C\C)CN(C/C(C=C)=C/C=C\C)C1(CCc2ccccc2)CCC1. The molecule has 1 heteroatoms. The van der Waals surface area contributed by atoms with Crippen LogP contribution in [0.1, 0.15) is 45.1 Å². The highest BCUT2D eigenvalue weighted by Gasteiger charge is 2.41. The van der Waals surface area contributed by atoms with Crippen molar-refractivity contribution in [3.63, 3.8) is 0 Å². The molecule has 0 atom stereocenters. The molecule has 1 aromatic rings. The zero-order valence-electron chi connectivity index (χ0n) is 17.2. The van der Waals surface area contributed by atoms with E-state index in [0.717, 1.165) is 19.5 Å². The second-order valence-corrected chi connectivity index (χ2v) is 7.46. The fraction of sp³-hybridized carbons (Fsp3) is 0.385. The molecular weight excluding hydrogens is 326 g/mol. The Morgan fingerprint density at radius 2 is 1.70 bits per heavy atom. The molecular formula is C26H35N. The van der Waals surface area contributed by atoms with Crippen molar-refractivity contribution < 1.29 is 0 Å². The molecule has 1 saturated carbocycles. The summed E-state index contributed by atoms with van der Waals surface area (Å²) in [4.78, 5) is 2.67. The minimum Gasteiger partial charge on any atom is -0.289 e. The number of hydrogen-bond donors (Lipinski definition) is 0. The Hall–Kier alpha value is -2.12. The molecule has 0 N–H and O–H groups in total.